The van der Waals surface area contributed by atoms with Crippen molar-refractivity contribution in [3.8, 4) is 0 Å². The van der Waals surface area contributed by atoms with E-state index in [-0.39, 0.29) is 51.0 Å². The van der Waals surface area contributed by atoms with E-state index in [2.05, 4.69) is 58.0 Å². The summed E-state index contributed by atoms with van der Waals surface area (Å²) in [6.45, 7) is 9.54. The molecule has 0 amide bonds. The van der Waals surface area contributed by atoms with Crippen LogP contribution in [0.25, 0.3) is 10.8 Å². The molecule has 2 aromatic rings. The van der Waals surface area contributed by atoms with Crippen molar-refractivity contribution in [2.45, 2.75) is 51.4 Å². The quantitative estimate of drug-likeness (QED) is 0.505. The second kappa shape index (κ2) is 6.59. The van der Waals surface area contributed by atoms with Gasteiger partial charge in [0.05, 0.1) is 0 Å². The predicted molar refractivity (Wildman–Crippen MR) is 74.8 cm³/mol. The summed E-state index contributed by atoms with van der Waals surface area (Å²) in [7, 11) is 0. The summed E-state index contributed by atoms with van der Waals surface area (Å²) in [4.78, 5) is 0. The third-order valence-electron chi connectivity index (χ3n) is 4.61. The topological polar surface area (TPSA) is 0 Å². The van der Waals surface area contributed by atoms with E-state index in [1.54, 1.807) is 11.1 Å². The number of fused-ring (bicyclic) bond motifs is 2. The third-order valence-corrected chi connectivity index (χ3v) is 4.61. The molecule has 0 fully saturated rings. The van der Waals surface area contributed by atoms with Gasteiger partial charge >= 0.3 is 26.2 Å². The molecule has 0 N–H and O–H groups in total. The maximum Gasteiger partial charge on any atom is 3.00 e. The Bertz CT molecular complexity index is 532. The SMILES string of the molecule is CC1(C)CCC(C)(C)c2cc3[cH-]ccc3cc21.[Cl-].[Cl-].[Zr+3]. The molecule has 3 rings (SSSR count). The maximum atomic E-state index is 2.42. The molecule has 0 heterocycles. The molecule has 0 bridgehead atoms. The van der Waals surface area contributed by atoms with Crippen molar-refractivity contribution in [3.05, 3.63) is 41.5 Å². The fraction of sp³-hybridized carbons (Fsp3) is 0.471. The number of rotatable bonds is 0. The van der Waals surface area contributed by atoms with Crippen LogP contribution in [-0.4, -0.2) is 0 Å². The molecule has 0 aromatic heterocycles. The first-order valence-corrected chi connectivity index (χ1v) is 6.61. The average Bonchev–Trinajstić information content (AvgIpc) is 2.70. The molecule has 0 aliphatic heterocycles. The smallest absolute Gasteiger partial charge is 1.00 e. The Morgan fingerprint density at radius 1 is 0.900 bits per heavy atom. The molecule has 3 heteroatoms. The Labute approximate surface area is 154 Å². The third kappa shape index (κ3) is 3.21. The van der Waals surface area contributed by atoms with Crippen LogP contribution in [0.4, 0.5) is 0 Å². The molecule has 0 nitrogen and oxygen atoms in total. The first-order chi connectivity index (χ1) is 7.90. The minimum atomic E-state index is 0. The van der Waals surface area contributed by atoms with Gasteiger partial charge in [0, 0.05) is 0 Å². The maximum absolute atomic E-state index is 2.42. The first kappa shape index (κ1) is 20.3. The van der Waals surface area contributed by atoms with E-state index in [0.29, 0.717) is 10.8 Å². The van der Waals surface area contributed by atoms with E-state index in [1.165, 1.54) is 23.6 Å². The Balaban J connectivity index is 0.00000120. The van der Waals surface area contributed by atoms with Crippen LogP contribution in [0.5, 0.6) is 0 Å². The molecule has 0 unspecified atom stereocenters. The van der Waals surface area contributed by atoms with Crippen molar-refractivity contribution in [3.63, 3.8) is 0 Å². The zero-order chi connectivity index (χ0) is 12.3. The van der Waals surface area contributed by atoms with Crippen LogP contribution in [-0.2, 0) is 37.0 Å². The second-order valence-electron chi connectivity index (χ2n) is 6.82. The van der Waals surface area contributed by atoms with Crippen LogP contribution in [0.2, 0.25) is 0 Å². The van der Waals surface area contributed by atoms with Crippen molar-refractivity contribution in [2.24, 2.45) is 0 Å². The van der Waals surface area contributed by atoms with E-state index in [0.717, 1.165) is 0 Å². The van der Waals surface area contributed by atoms with Crippen molar-refractivity contribution in [1.29, 1.82) is 0 Å². The Kier molecular flexibility index (Phi) is 6.69. The van der Waals surface area contributed by atoms with Gasteiger partial charge in [0.1, 0.15) is 0 Å². The van der Waals surface area contributed by atoms with Crippen LogP contribution in [0.1, 0.15) is 51.7 Å². The molecule has 0 atom stereocenters. The van der Waals surface area contributed by atoms with Gasteiger partial charge in [-0.05, 0) is 23.7 Å². The van der Waals surface area contributed by atoms with Gasteiger partial charge in [-0.1, -0.05) is 38.8 Å². The molecule has 20 heavy (non-hydrogen) atoms. The Morgan fingerprint density at radius 3 is 1.95 bits per heavy atom. The van der Waals surface area contributed by atoms with Gasteiger partial charge in [-0.2, -0.15) is 12.1 Å². The zero-order valence-corrected chi connectivity index (χ0v) is 16.5. The Morgan fingerprint density at radius 2 is 1.40 bits per heavy atom. The minimum absolute atomic E-state index is 0. The van der Waals surface area contributed by atoms with Crippen molar-refractivity contribution < 1.29 is 51.0 Å². The molecule has 107 valence electrons. The van der Waals surface area contributed by atoms with E-state index >= 15 is 0 Å². The van der Waals surface area contributed by atoms with Gasteiger partial charge in [-0.15, -0.1) is 29.0 Å². The molecule has 0 saturated carbocycles. The van der Waals surface area contributed by atoms with Gasteiger partial charge in [0.25, 0.3) is 0 Å². The van der Waals surface area contributed by atoms with E-state index in [9.17, 15) is 0 Å². The molecule has 0 saturated heterocycles. The standard InChI is InChI=1S/C17H21.2ClH.Zr/c1-16(2)8-9-17(3,4)15-11-13-7-5-6-12(13)10-14(15)16;;;/h5-7,10-11H,8-9H2,1-4H3;2*1H;/q-1;;;+3/p-2. The molecule has 0 spiro atoms. The van der Waals surface area contributed by atoms with Gasteiger partial charge in [-0.3, -0.25) is 0 Å². The summed E-state index contributed by atoms with van der Waals surface area (Å²) in [5.74, 6) is 0. The largest absolute Gasteiger partial charge is 3.00 e. The Hall–Kier alpha value is 0.293. The van der Waals surface area contributed by atoms with Gasteiger partial charge in [0.2, 0.25) is 0 Å². The molecular formula is C17H21Cl2Zr. The fourth-order valence-electron chi connectivity index (χ4n) is 3.19. The van der Waals surface area contributed by atoms with E-state index in [4.69, 9.17) is 0 Å². The molecule has 2 aromatic carbocycles. The zero-order valence-electron chi connectivity index (χ0n) is 12.6. The van der Waals surface area contributed by atoms with Crippen molar-refractivity contribution in [2.75, 3.05) is 0 Å². The van der Waals surface area contributed by atoms with Crippen LogP contribution < -0.4 is 24.8 Å². The number of halogens is 2. The van der Waals surface area contributed by atoms with Crippen LogP contribution in [0.15, 0.2) is 30.3 Å². The van der Waals surface area contributed by atoms with Crippen LogP contribution >= 0.6 is 0 Å². The summed E-state index contributed by atoms with van der Waals surface area (Å²) < 4.78 is 0. The van der Waals surface area contributed by atoms with E-state index < -0.39 is 0 Å². The van der Waals surface area contributed by atoms with Crippen LogP contribution in [0, 0.1) is 0 Å². The number of hydrogen-bond acceptors (Lipinski definition) is 0. The summed E-state index contributed by atoms with van der Waals surface area (Å²) in [5, 5.41) is 2.80. The summed E-state index contributed by atoms with van der Waals surface area (Å²) in [5.41, 5.74) is 3.78. The van der Waals surface area contributed by atoms with E-state index in [1.807, 2.05) is 0 Å². The van der Waals surface area contributed by atoms with Gasteiger partial charge in [0.15, 0.2) is 0 Å². The van der Waals surface area contributed by atoms with Crippen molar-refractivity contribution in [1.82, 2.24) is 0 Å². The normalized spacial score (nSPS) is 18.2. The number of hydrogen-bond donors (Lipinski definition) is 0. The van der Waals surface area contributed by atoms with Crippen molar-refractivity contribution >= 4 is 10.8 Å². The minimum Gasteiger partial charge on any atom is -1.00 e. The average molecular weight is 387 g/mol. The first-order valence-electron chi connectivity index (χ1n) is 6.61. The summed E-state index contributed by atoms with van der Waals surface area (Å²) >= 11 is 0. The molecule has 1 aliphatic carbocycles. The second-order valence-corrected chi connectivity index (χ2v) is 6.82. The number of benzene rings is 1. The van der Waals surface area contributed by atoms with Gasteiger partial charge in [-0.25, -0.2) is 0 Å². The molecule has 1 aliphatic rings. The monoisotopic (exact) mass is 385 g/mol. The van der Waals surface area contributed by atoms with Crippen LogP contribution in [0.3, 0.4) is 0 Å². The fourth-order valence-corrected chi connectivity index (χ4v) is 3.19. The summed E-state index contributed by atoms with van der Waals surface area (Å²) in [6.07, 6.45) is 2.58. The predicted octanol–water partition coefficient (Wildman–Crippen LogP) is -1.09. The molecular weight excluding hydrogens is 366 g/mol. The molecule has 1 radical (unpaired) electrons. The van der Waals surface area contributed by atoms with Gasteiger partial charge < -0.3 is 24.8 Å². The summed E-state index contributed by atoms with van der Waals surface area (Å²) in [6, 6.07) is 11.5.